The molecule has 0 atom stereocenters. The Bertz CT molecular complexity index is 822. The van der Waals surface area contributed by atoms with Crippen molar-refractivity contribution in [2.45, 2.75) is 64.2 Å². The third-order valence-corrected chi connectivity index (χ3v) is 7.76. The summed E-state index contributed by atoms with van der Waals surface area (Å²) < 4.78 is 26.6. The molecule has 0 bridgehead atoms. The minimum atomic E-state index is -0.797. The topological polar surface area (TPSA) is 0 Å². The van der Waals surface area contributed by atoms with Crippen LogP contribution in [0.3, 0.4) is 0 Å². The Hall–Kier alpha value is -1.96. The van der Waals surface area contributed by atoms with Crippen molar-refractivity contribution in [1.29, 1.82) is 0 Å². The minimum Gasteiger partial charge on any atom is -0.204 e. The molecule has 0 heterocycles. The highest BCUT2D eigenvalue weighted by molar-refractivity contribution is 5.63. The van der Waals surface area contributed by atoms with Gasteiger partial charge in [0.2, 0.25) is 0 Å². The number of halogens is 2. The number of benzene rings is 2. The molecule has 2 aliphatic rings. The van der Waals surface area contributed by atoms with E-state index in [1.165, 1.54) is 75.5 Å². The van der Waals surface area contributed by atoms with Gasteiger partial charge in [0.15, 0.2) is 11.6 Å². The molecule has 0 spiro atoms. The minimum absolute atomic E-state index is 0.723. The molecule has 0 aromatic heterocycles. The van der Waals surface area contributed by atoms with Crippen molar-refractivity contribution in [2.75, 3.05) is 0 Å². The second-order valence-corrected chi connectivity index (χ2v) is 9.56. The standard InChI is InChI=1S/C28H34F2/c1-2-20-5-11-23(12-6-20)24-13-7-21(8-14-24)3-4-22-9-15-25(16-10-22)26-17-18-27(29)28(30)19-26/h2,9-10,15-21,23-24H,1,3-8,11-14H2. The van der Waals surface area contributed by atoms with Gasteiger partial charge in [0.1, 0.15) is 0 Å². The van der Waals surface area contributed by atoms with E-state index >= 15 is 0 Å². The molecule has 2 heteroatoms. The van der Waals surface area contributed by atoms with E-state index in [9.17, 15) is 8.78 Å². The van der Waals surface area contributed by atoms with Crippen LogP contribution in [0.1, 0.15) is 63.4 Å². The monoisotopic (exact) mass is 408 g/mol. The molecule has 0 aliphatic heterocycles. The van der Waals surface area contributed by atoms with Gasteiger partial charge in [-0.1, -0.05) is 49.2 Å². The van der Waals surface area contributed by atoms with Gasteiger partial charge >= 0.3 is 0 Å². The number of hydrogen-bond acceptors (Lipinski definition) is 0. The highest BCUT2D eigenvalue weighted by Crippen LogP contribution is 2.42. The lowest BCUT2D eigenvalue weighted by Crippen LogP contribution is -2.25. The fourth-order valence-corrected chi connectivity index (χ4v) is 5.71. The summed E-state index contributed by atoms with van der Waals surface area (Å²) in [6, 6.07) is 12.4. The van der Waals surface area contributed by atoms with E-state index in [-0.39, 0.29) is 0 Å². The van der Waals surface area contributed by atoms with Crippen LogP contribution in [0.5, 0.6) is 0 Å². The quantitative estimate of drug-likeness (QED) is 0.421. The third kappa shape index (κ3) is 5.20. The molecule has 4 rings (SSSR count). The lowest BCUT2D eigenvalue weighted by Gasteiger charge is -2.37. The number of rotatable bonds is 6. The predicted molar refractivity (Wildman–Crippen MR) is 121 cm³/mol. The van der Waals surface area contributed by atoms with Crippen LogP contribution in [0.15, 0.2) is 55.1 Å². The molecule has 0 unspecified atom stereocenters. The lowest BCUT2D eigenvalue weighted by molar-refractivity contribution is 0.153. The van der Waals surface area contributed by atoms with Crippen molar-refractivity contribution in [2.24, 2.45) is 23.7 Å². The van der Waals surface area contributed by atoms with Crippen molar-refractivity contribution in [1.82, 2.24) is 0 Å². The Morgan fingerprint density at radius 1 is 0.733 bits per heavy atom. The average Bonchev–Trinajstić information content (AvgIpc) is 2.80. The number of aryl methyl sites for hydroxylation is 1. The van der Waals surface area contributed by atoms with Crippen LogP contribution in [-0.4, -0.2) is 0 Å². The molecular formula is C28H34F2. The Kier molecular flexibility index (Phi) is 7.02. The first-order valence-electron chi connectivity index (χ1n) is 11.8. The van der Waals surface area contributed by atoms with Crippen molar-refractivity contribution in [3.8, 4) is 11.1 Å². The van der Waals surface area contributed by atoms with Gasteiger partial charge in [0, 0.05) is 0 Å². The molecule has 0 saturated heterocycles. The van der Waals surface area contributed by atoms with E-state index in [2.05, 4.69) is 24.8 Å². The largest absolute Gasteiger partial charge is 0.204 e. The summed E-state index contributed by atoms with van der Waals surface area (Å²) in [4.78, 5) is 0. The van der Waals surface area contributed by atoms with Gasteiger partial charge in [0.05, 0.1) is 0 Å². The van der Waals surface area contributed by atoms with Gasteiger partial charge in [0.25, 0.3) is 0 Å². The Labute approximate surface area is 180 Å². The van der Waals surface area contributed by atoms with Gasteiger partial charge in [-0.05, 0) is 104 Å². The summed E-state index contributed by atoms with van der Waals surface area (Å²) in [5.74, 6) is 1.96. The predicted octanol–water partition coefficient (Wildman–Crippen LogP) is 8.36. The van der Waals surface area contributed by atoms with Gasteiger partial charge < -0.3 is 0 Å². The molecule has 2 fully saturated rings. The summed E-state index contributed by atoms with van der Waals surface area (Å²) in [5, 5.41) is 0. The van der Waals surface area contributed by atoms with E-state index in [0.717, 1.165) is 41.2 Å². The van der Waals surface area contributed by atoms with Crippen LogP contribution >= 0.6 is 0 Å². The molecule has 0 amide bonds. The van der Waals surface area contributed by atoms with E-state index in [1.54, 1.807) is 6.07 Å². The second kappa shape index (κ2) is 9.90. The molecule has 160 valence electrons. The first-order chi connectivity index (χ1) is 14.6. The normalized spacial score (nSPS) is 27.0. The molecule has 0 radical (unpaired) electrons. The van der Waals surface area contributed by atoms with Crippen molar-refractivity contribution in [3.63, 3.8) is 0 Å². The second-order valence-electron chi connectivity index (χ2n) is 9.56. The highest BCUT2D eigenvalue weighted by atomic mass is 19.2. The zero-order valence-electron chi connectivity index (χ0n) is 18.0. The summed E-state index contributed by atoms with van der Waals surface area (Å²) in [7, 11) is 0. The molecule has 30 heavy (non-hydrogen) atoms. The summed E-state index contributed by atoms with van der Waals surface area (Å²) in [6.07, 6.45) is 15.7. The lowest BCUT2D eigenvalue weighted by atomic mass is 9.68. The van der Waals surface area contributed by atoms with Crippen LogP contribution in [-0.2, 0) is 6.42 Å². The summed E-state index contributed by atoms with van der Waals surface area (Å²) in [6.45, 7) is 3.98. The molecule has 2 aliphatic carbocycles. The van der Waals surface area contributed by atoms with Crippen LogP contribution < -0.4 is 0 Å². The Morgan fingerprint density at radius 3 is 1.93 bits per heavy atom. The summed E-state index contributed by atoms with van der Waals surface area (Å²) >= 11 is 0. The highest BCUT2D eigenvalue weighted by Gasteiger charge is 2.30. The number of allylic oxidation sites excluding steroid dienone is 1. The maximum Gasteiger partial charge on any atom is 0.159 e. The van der Waals surface area contributed by atoms with Gasteiger partial charge in [-0.15, -0.1) is 6.58 Å². The molecule has 0 nitrogen and oxygen atoms in total. The van der Waals surface area contributed by atoms with Gasteiger partial charge in [-0.25, -0.2) is 8.78 Å². The summed E-state index contributed by atoms with van der Waals surface area (Å²) in [5.41, 5.74) is 3.00. The van der Waals surface area contributed by atoms with Crippen LogP contribution in [0.25, 0.3) is 11.1 Å². The van der Waals surface area contributed by atoms with E-state index in [4.69, 9.17) is 0 Å². The molecule has 2 saturated carbocycles. The van der Waals surface area contributed by atoms with Crippen molar-refractivity contribution >= 4 is 0 Å². The zero-order valence-corrected chi connectivity index (χ0v) is 18.0. The molecule has 2 aromatic rings. The zero-order chi connectivity index (χ0) is 20.9. The number of hydrogen-bond donors (Lipinski definition) is 0. The van der Waals surface area contributed by atoms with E-state index in [0.29, 0.717) is 0 Å². The fourth-order valence-electron chi connectivity index (χ4n) is 5.71. The first kappa shape index (κ1) is 21.3. The Morgan fingerprint density at radius 2 is 1.33 bits per heavy atom. The van der Waals surface area contributed by atoms with E-state index in [1.807, 2.05) is 12.1 Å². The van der Waals surface area contributed by atoms with E-state index < -0.39 is 11.6 Å². The molecule has 2 aromatic carbocycles. The molecule has 0 N–H and O–H groups in total. The van der Waals surface area contributed by atoms with Gasteiger partial charge in [-0.3, -0.25) is 0 Å². The smallest absolute Gasteiger partial charge is 0.159 e. The van der Waals surface area contributed by atoms with Crippen LogP contribution in [0.4, 0.5) is 8.78 Å². The fraction of sp³-hybridized carbons (Fsp3) is 0.500. The Balaban J connectivity index is 1.23. The van der Waals surface area contributed by atoms with Gasteiger partial charge in [-0.2, -0.15) is 0 Å². The van der Waals surface area contributed by atoms with Crippen molar-refractivity contribution < 1.29 is 8.78 Å². The van der Waals surface area contributed by atoms with Crippen molar-refractivity contribution in [3.05, 3.63) is 72.3 Å². The average molecular weight is 409 g/mol. The maximum atomic E-state index is 13.5. The maximum absolute atomic E-state index is 13.5. The SMILES string of the molecule is C=CC1CCC(C2CCC(CCc3ccc(-c4ccc(F)c(F)c4)cc3)CC2)CC1. The first-order valence-corrected chi connectivity index (χ1v) is 11.8. The van der Waals surface area contributed by atoms with Crippen LogP contribution in [0, 0.1) is 35.3 Å². The van der Waals surface area contributed by atoms with Crippen LogP contribution in [0.2, 0.25) is 0 Å². The third-order valence-electron chi connectivity index (χ3n) is 7.76. The molecular weight excluding hydrogens is 374 g/mol.